The number of esters is 1. The maximum Gasteiger partial charge on any atom is 0.321 e. The van der Waals surface area contributed by atoms with Crippen LogP contribution in [0.1, 0.15) is 12.8 Å². The second kappa shape index (κ2) is 7.29. The lowest BCUT2D eigenvalue weighted by Gasteiger charge is -2.59. The van der Waals surface area contributed by atoms with Crippen molar-refractivity contribution in [2.24, 2.45) is 5.73 Å². The Morgan fingerprint density at radius 3 is 1.64 bits per heavy atom. The minimum absolute atomic E-state index is 0.0371. The molecule has 0 heterocycles. The third kappa shape index (κ3) is 4.53. The number of carbonyl (C=O) groups excluding carboxylic acids is 1. The molecule has 2 N–H and O–H groups in total. The molecule has 0 aromatic heterocycles. The first-order valence-electron chi connectivity index (χ1n) is 8.25. The Kier molecular flexibility index (Phi) is 7.31. The third-order valence-corrected chi connectivity index (χ3v) is 15.3. The Hall–Kier alpha value is 0.0406. The molecule has 0 aromatic carbocycles. The average Bonchev–Trinajstić information content (AvgIpc) is 2.28. The first kappa shape index (κ1) is 22.0. The highest BCUT2D eigenvalue weighted by Crippen LogP contribution is 2.40. The highest BCUT2D eigenvalue weighted by molar-refractivity contribution is 6.94. The molecule has 0 aliphatic rings. The van der Waals surface area contributed by atoms with Crippen molar-refractivity contribution in [2.45, 2.75) is 76.9 Å². The zero-order valence-corrected chi connectivity index (χ0v) is 19.5. The molecule has 0 aromatic rings. The van der Waals surface area contributed by atoms with Crippen LogP contribution >= 0.6 is 0 Å². The van der Waals surface area contributed by atoms with Gasteiger partial charge in [0.15, 0.2) is 0 Å². The summed E-state index contributed by atoms with van der Waals surface area (Å²) in [5, 5.41) is -0.462. The van der Waals surface area contributed by atoms with E-state index < -0.39 is 29.7 Å². The van der Waals surface area contributed by atoms with E-state index in [1.165, 1.54) is 7.11 Å². The van der Waals surface area contributed by atoms with Gasteiger partial charge in [0.25, 0.3) is 0 Å². The molecule has 132 valence electrons. The lowest BCUT2D eigenvalue weighted by atomic mass is 10.1. The summed E-state index contributed by atoms with van der Waals surface area (Å²) in [4.78, 5) is 13.1. The smallest absolute Gasteiger partial charge is 0.321 e. The molecule has 0 aliphatic carbocycles. The monoisotopic (exact) mass is 362 g/mol. The number of rotatable bonds is 8. The minimum Gasteiger partial charge on any atom is -0.468 e. The third-order valence-electron chi connectivity index (χ3n) is 4.23. The highest BCUT2D eigenvalue weighted by atomic mass is 28.4. The van der Waals surface area contributed by atoms with Crippen molar-refractivity contribution < 1.29 is 9.53 Å². The van der Waals surface area contributed by atoms with Gasteiger partial charge in [-0.15, -0.1) is 0 Å². The molecule has 0 aliphatic heterocycles. The van der Waals surface area contributed by atoms with E-state index in [9.17, 15) is 4.79 Å². The van der Waals surface area contributed by atoms with Gasteiger partial charge in [0.05, 0.1) is 20.3 Å². The van der Waals surface area contributed by atoms with Gasteiger partial charge >= 0.3 is 5.97 Å². The van der Waals surface area contributed by atoms with Crippen LogP contribution in [0.4, 0.5) is 0 Å². The number of nitrogens with two attached hydrogens (primary N) is 1. The lowest BCUT2D eigenvalue weighted by molar-refractivity contribution is -0.147. The van der Waals surface area contributed by atoms with E-state index >= 15 is 0 Å². The standard InChI is InChI=1S/C15H38N2O2Si3/c1-19-14(18)15(12-11-13-16,20(2,3)4)17(21(5,6)7)22(8,9)10/h11-13,16H2,1-10H3. The van der Waals surface area contributed by atoms with E-state index in [0.29, 0.717) is 6.54 Å². The normalized spacial score (nSPS) is 16.5. The van der Waals surface area contributed by atoms with Crippen LogP contribution in [0.25, 0.3) is 0 Å². The molecule has 0 fully saturated rings. The molecule has 0 saturated heterocycles. The molecule has 7 heteroatoms. The minimum atomic E-state index is -1.88. The number of carbonyl (C=O) groups is 1. The first-order valence-corrected chi connectivity index (χ1v) is 18.6. The van der Waals surface area contributed by atoms with E-state index in [-0.39, 0.29) is 5.97 Å². The van der Waals surface area contributed by atoms with Crippen molar-refractivity contribution in [1.82, 2.24) is 4.23 Å². The SMILES string of the molecule is COC(=O)C(CCCN)(N([Si](C)(C)C)[Si](C)(C)C)[Si](C)(C)C. The van der Waals surface area contributed by atoms with Crippen molar-refractivity contribution in [1.29, 1.82) is 0 Å². The molecule has 1 atom stereocenters. The predicted octanol–water partition coefficient (Wildman–Crippen LogP) is 3.49. The van der Waals surface area contributed by atoms with Crippen LogP contribution in [0.5, 0.6) is 0 Å². The largest absolute Gasteiger partial charge is 0.468 e. The van der Waals surface area contributed by atoms with Crippen LogP contribution in [-0.2, 0) is 9.53 Å². The Bertz CT molecular complexity index is 370. The second-order valence-electron chi connectivity index (χ2n) is 9.17. The van der Waals surface area contributed by atoms with Gasteiger partial charge in [-0.05, 0) is 19.4 Å². The predicted molar refractivity (Wildman–Crippen MR) is 105 cm³/mol. The van der Waals surface area contributed by atoms with Crippen LogP contribution in [0.2, 0.25) is 58.9 Å². The van der Waals surface area contributed by atoms with Crippen molar-refractivity contribution in [3.8, 4) is 0 Å². The number of nitrogens with zero attached hydrogens (tertiary/aromatic N) is 1. The van der Waals surface area contributed by atoms with Gasteiger partial charge in [-0.1, -0.05) is 58.9 Å². The number of ether oxygens (including phenoxy) is 1. The summed E-state index contributed by atoms with van der Waals surface area (Å²) >= 11 is 0. The molecule has 1 unspecified atom stereocenters. The summed E-state index contributed by atoms with van der Waals surface area (Å²) in [6.45, 7) is 21.6. The maximum atomic E-state index is 13.1. The van der Waals surface area contributed by atoms with Crippen LogP contribution < -0.4 is 5.73 Å². The molecule has 0 amide bonds. The summed E-state index contributed by atoms with van der Waals surface area (Å²) in [5.74, 6) is -0.0371. The van der Waals surface area contributed by atoms with Gasteiger partial charge in [-0.3, -0.25) is 4.79 Å². The number of methoxy groups -OCH3 is 1. The summed E-state index contributed by atoms with van der Waals surface area (Å²) in [7, 11) is -3.76. The molecular weight excluding hydrogens is 324 g/mol. The Morgan fingerprint density at radius 2 is 1.41 bits per heavy atom. The molecular formula is C15H38N2O2Si3. The fourth-order valence-corrected chi connectivity index (χ4v) is 21.1. The second-order valence-corrected chi connectivity index (χ2v) is 24.5. The van der Waals surface area contributed by atoms with Gasteiger partial charge in [-0.25, -0.2) is 0 Å². The maximum absolute atomic E-state index is 13.1. The summed E-state index contributed by atoms with van der Waals surface area (Å²) in [6, 6.07) is 0. The van der Waals surface area contributed by atoms with Gasteiger partial charge in [0.2, 0.25) is 0 Å². The van der Waals surface area contributed by atoms with Crippen molar-refractivity contribution in [3.63, 3.8) is 0 Å². The van der Waals surface area contributed by atoms with Gasteiger partial charge in [0, 0.05) is 0 Å². The number of hydrogen-bond donors (Lipinski definition) is 1. The van der Waals surface area contributed by atoms with E-state index in [1.54, 1.807) is 0 Å². The van der Waals surface area contributed by atoms with Gasteiger partial charge in [-0.2, -0.15) is 0 Å². The van der Waals surface area contributed by atoms with E-state index in [2.05, 4.69) is 63.2 Å². The highest BCUT2D eigenvalue weighted by Gasteiger charge is 2.59. The molecule has 0 bridgehead atoms. The van der Waals surface area contributed by atoms with Crippen molar-refractivity contribution >= 4 is 30.5 Å². The molecule has 22 heavy (non-hydrogen) atoms. The molecule has 0 rings (SSSR count). The molecule has 0 saturated carbocycles. The van der Waals surface area contributed by atoms with E-state index in [4.69, 9.17) is 10.5 Å². The van der Waals surface area contributed by atoms with Crippen molar-refractivity contribution in [3.05, 3.63) is 0 Å². The van der Waals surface area contributed by atoms with Crippen LogP contribution in [0.3, 0.4) is 0 Å². The average molecular weight is 363 g/mol. The fourth-order valence-electron chi connectivity index (χ4n) is 4.00. The molecule has 4 nitrogen and oxygen atoms in total. The van der Waals surface area contributed by atoms with Crippen LogP contribution in [0.15, 0.2) is 0 Å². The van der Waals surface area contributed by atoms with E-state index in [0.717, 1.165) is 12.8 Å². The van der Waals surface area contributed by atoms with Crippen molar-refractivity contribution in [2.75, 3.05) is 13.7 Å². The quantitative estimate of drug-likeness (QED) is 0.530. The van der Waals surface area contributed by atoms with Gasteiger partial charge < -0.3 is 14.7 Å². The zero-order chi connectivity index (χ0) is 18.0. The summed E-state index contributed by atoms with van der Waals surface area (Å²) < 4.78 is 8.04. The van der Waals surface area contributed by atoms with Gasteiger partial charge in [0.1, 0.15) is 16.5 Å². The summed E-state index contributed by atoms with van der Waals surface area (Å²) in [6.07, 6.45) is 1.69. The molecule has 0 spiro atoms. The Balaban J connectivity index is 6.49. The number of hydrogen-bond acceptors (Lipinski definition) is 4. The first-order chi connectivity index (χ1) is 9.66. The summed E-state index contributed by atoms with van der Waals surface area (Å²) in [5.41, 5.74) is 5.81. The zero-order valence-electron chi connectivity index (χ0n) is 16.5. The topological polar surface area (TPSA) is 55.6 Å². The fraction of sp³-hybridized carbons (Fsp3) is 0.933. The lowest BCUT2D eigenvalue weighted by Crippen LogP contribution is -2.79. The Labute approximate surface area is 141 Å². The molecule has 0 radical (unpaired) electrons. The van der Waals surface area contributed by atoms with E-state index in [1.807, 2.05) is 0 Å². The van der Waals surface area contributed by atoms with Crippen LogP contribution in [0, 0.1) is 0 Å². The van der Waals surface area contributed by atoms with Crippen LogP contribution in [-0.4, -0.2) is 53.6 Å². The Morgan fingerprint density at radius 1 is 1.00 bits per heavy atom.